The van der Waals surface area contributed by atoms with Gasteiger partial charge in [-0.05, 0) is 49.7 Å². The molecule has 0 amide bonds. The van der Waals surface area contributed by atoms with Crippen molar-refractivity contribution in [1.82, 2.24) is 15.0 Å². The highest BCUT2D eigenvalue weighted by Crippen LogP contribution is 2.48. The molecule has 4 nitrogen and oxygen atoms in total. The largest absolute Gasteiger partial charge is 0.416 e. The van der Waals surface area contributed by atoms with Crippen molar-refractivity contribution in [2.24, 2.45) is 5.92 Å². The van der Waals surface area contributed by atoms with Crippen molar-refractivity contribution >= 4 is 16.5 Å². The van der Waals surface area contributed by atoms with Crippen molar-refractivity contribution in [2.45, 2.75) is 44.7 Å². The average molecular weight is 444 g/mol. The Labute approximate surface area is 183 Å². The number of alkyl halides is 3. The van der Waals surface area contributed by atoms with Crippen LogP contribution in [0.25, 0.3) is 21.8 Å². The summed E-state index contributed by atoms with van der Waals surface area (Å²) in [6.07, 6.45) is 4.39. The van der Waals surface area contributed by atoms with Gasteiger partial charge in [0.05, 0.1) is 21.8 Å². The highest BCUT2D eigenvalue weighted by molar-refractivity contribution is 7.19. The average Bonchev–Trinajstić information content (AvgIpc) is 3.52. The maximum Gasteiger partial charge on any atom is 0.416 e. The number of aromatic nitrogens is 3. The maximum atomic E-state index is 13.4. The van der Waals surface area contributed by atoms with Crippen LogP contribution in [-0.2, 0) is 6.18 Å². The molecule has 2 aliphatic rings. The van der Waals surface area contributed by atoms with Gasteiger partial charge in [-0.3, -0.25) is 0 Å². The van der Waals surface area contributed by atoms with E-state index in [0.717, 1.165) is 66.1 Å². The van der Waals surface area contributed by atoms with Gasteiger partial charge in [-0.2, -0.15) is 13.2 Å². The molecule has 1 saturated carbocycles. The zero-order valence-corrected chi connectivity index (χ0v) is 17.9. The standard InChI is InChI=1S/C23H22F3N4S/c1-14-7-9-30(10-8-14)22-29-19(16-3-2-4-17(11-16)23(24,25)26)21(31-22)20-18(15-5-6-15)12-27-13-28-20/h2-4,11-12,14-15H,5-10H2,1H3. The normalized spacial score (nSPS) is 17.9. The fourth-order valence-electron chi connectivity index (χ4n) is 4.02. The van der Waals surface area contributed by atoms with Gasteiger partial charge < -0.3 is 4.90 Å². The molecule has 8 heteroatoms. The topological polar surface area (TPSA) is 41.9 Å². The van der Waals surface area contributed by atoms with Crippen LogP contribution in [0.2, 0.25) is 0 Å². The van der Waals surface area contributed by atoms with E-state index in [1.54, 1.807) is 12.3 Å². The molecule has 1 aromatic carbocycles. The number of nitrogens with zero attached hydrogens (tertiary/aromatic N) is 4. The van der Waals surface area contributed by atoms with Crippen molar-refractivity contribution < 1.29 is 13.2 Å². The number of thiazole rings is 1. The summed E-state index contributed by atoms with van der Waals surface area (Å²) in [6, 6.07) is 5.41. The molecule has 3 aromatic rings. The second-order valence-corrected chi connectivity index (χ2v) is 9.45. The third-order valence-electron chi connectivity index (χ3n) is 6.06. The quantitative estimate of drug-likeness (QED) is 0.481. The van der Waals surface area contributed by atoms with Gasteiger partial charge in [0.2, 0.25) is 0 Å². The van der Waals surface area contributed by atoms with Crippen molar-refractivity contribution in [1.29, 1.82) is 0 Å². The van der Waals surface area contributed by atoms with E-state index >= 15 is 0 Å². The first-order valence-electron chi connectivity index (χ1n) is 10.6. The van der Waals surface area contributed by atoms with E-state index in [2.05, 4.69) is 28.1 Å². The van der Waals surface area contributed by atoms with E-state index in [1.807, 2.05) is 0 Å². The van der Waals surface area contributed by atoms with E-state index in [0.29, 0.717) is 23.1 Å². The Balaban J connectivity index is 1.63. The number of halogens is 3. The predicted molar refractivity (Wildman–Crippen MR) is 115 cm³/mol. The lowest BCUT2D eigenvalue weighted by molar-refractivity contribution is -0.137. The highest BCUT2D eigenvalue weighted by atomic mass is 32.1. The molecule has 2 aromatic heterocycles. The van der Waals surface area contributed by atoms with Gasteiger partial charge in [-0.15, -0.1) is 0 Å². The second kappa shape index (κ2) is 7.89. The van der Waals surface area contributed by atoms with Crippen molar-refractivity contribution in [3.8, 4) is 21.8 Å². The van der Waals surface area contributed by atoms with Crippen molar-refractivity contribution in [2.75, 3.05) is 18.0 Å². The SMILES string of the molecule is CC1CCN(c2nc(-c3cccc(C(F)(F)F)c3)c(-c3n[c]ncc3C3CC3)s2)CC1. The van der Waals surface area contributed by atoms with Crippen LogP contribution in [-0.4, -0.2) is 28.0 Å². The van der Waals surface area contributed by atoms with Crippen LogP contribution in [0.3, 0.4) is 0 Å². The summed E-state index contributed by atoms with van der Waals surface area (Å²) in [4.78, 5) is 16.4. The first-order chi connectivity index (χ1) is 14.9. The van der Waals surface area contributed by atoms with Gasteiger partial charge in [-0.25, -0.2) is 15.0 Å². The molecule has 1 aliphatic heterocycles. The summed E-state index contributed by atoms with van der Waals surface area (Å²) in [7, 11) is 0. The molecule has 1 radical (unpaired) electrons. The molecule has 0 unspecified atom stereocenters. The van der Waals surface area contributed by atoms with Crippen LogP contribution in [0.4, 0.5) is 18.3 Å². The predicted octanol–water partition coefficient (Wildman–Crippen LogP) is 6.20. The lowest BCUT2D eigenvalue weighted by Crippen LogP contribution is -2.32. The minimum atomic E-state index is -4.40. The van der Waals surface area contributed by atoms with E-state index < -0.39 is 11.7 Å². The fourth-order valence-corrected chi connectivity index (χ4v) is 5.17. The Bertz CT molecular complexity index is 1080. The molecule has 5 rings (SSSR count). The van der Waals surface area contributed by atoms with Gasteiger partial charge in [0.1, 0.15) is 0 Å². The summed E-state index contributed by atoms with van der Waals surface area (Å²) in [5.41, 5.74) is 2.12. The summed E-state index contributed by atoms with van der Waals surface area (Å²) < 4.78 is 40.1. The summed E-state index contributed by atoms with van der Waals surface area (Å²) in [5.74, 6) is 1.08. The highest BCUT2D eigenvalue weighted by Gasteiger charge is 2.33. The molecule has 0 N–H and O–H groups in total. The minimum Gasteiger partial charge on any atom is -0.348 e. The van der Waals surface area contributed by atoms with E-state index in [9.17, 15) is 13.2 Å². The van der Waals surface area contributed by atoms with E-state index in [1.165, 1.54) is 23.5 Å². The van der Waals surface area contributed by atoms with Crippen molar-refractivity contribution in [3.05, 3.63) is 47.9 Å². The molecule has 2 fully saturated rings. The van der Waals surface area contributed by atoms with E-state index in [4.69, 9.17) is 4.98 Å². The summed E-state index contributed by atoms with van der Waals surface area (Å²) in [5, 5.41) is 0.842. The van der Waals surface area contributed by atoms with Gasteiger partial charge >= 0.3 is 6.18 Å². The zero-order chi connectivity index (χ0) is 21.6. The third-order valence-corrected chi connectivity index (χ3v) is 7.19. The smallest absolute Gasteiger partial charge is 0.348 e. The maximum absolute atomic E-state index is 13.4. The van der Waals surface area contributed by atoms with Gasteiger partial charge in [0.25, 0.3) is 0 Å². The van der Waals surface area contributed by atoms with Gasteiger partial charge in [0, 0.05) is 30.4 Å². The number of benzene rings is 1. The van der Waals surface area contributed by atoms with Crippen LogP contribution in [0.1, 0.15) is 49.7 Å². The summed E-state index contributed by atoms with van der Waals surface area (Å²) >= 11 is 1.51. The number of piperidine rings is 1. The first-order valence-corrected chi connectivity index (χ1v) is 11.4. The lowest BCUT2D eigenvalue weighted by atomic mass is 10.00. The van der Waals surface area contributed by atoms with Crippen LogP contribution < -0.4 is 4.90 Å². The number of rotatable bonds is 4. The molecule has 1 saturated heterocycles. The van der Waals surface area contributed by atoms with Crippen LogP contribution >= 0.6 is 11.3 Å². The molecule has 0 atom stereocenters. The number of anilines is 1. The number of hydrogen-bond donors (Lipinski definition) is 0. The van der Waals surface area contributed by atoms with Gasteiger partial charge in [-0.1, -0.05) is 30.4 Å². The Morgan fingerprint density at radius 1 is 1.10 bits per heavy atom. The van der Waals surface area contributed by atoms with Crippen LogP contribution in [0.5, 0.6) is 0 Å². The van der Waals surface area contributed by atoms with E-state index in [-0.39, 0.29) is 0 Å². The lowest BCUT2D eigenvalue weighted by Gasteiger charge is -2.29. The second-order valence-electron chi connectivity index (χ2n) is 8.47. The monoisotopic (exact) mass is 443 g/mol. The third kappa shape index (κ3) is 4.18. The fraction of sp³-hybridized carbons (Fsp3) is 0.435. The Kier molecular flexibility index (Phi) is 5.20. The van der Waals surface area contributed by atoms with Crippen LogP contribution in [0, 0.1) is 12.2 Å². The Morgan fingerprint density at radius 2 is 1.87 bits per heavy atom. The first kappa shape index (κ1) is 20.4. The minimum absolute atomic E-state index is 0.403. The molecular formula is C23H22F3N4S. The zero-order valence-electron chi connectivity index (χ0n) is 17.1. The Morgan fingerprint density at radius 3 is 2.58 bits per heavy atom. The number of hydrogen-bond acceptors (Lipinski definition) is 5. The Hall–Kier alpha value is -2.48. The molecule has 31 heavy (non-hydrogen) atoms. The molecule has 161 valence electrons. The molecule has 0 bridgehead atoms. The van der Waals surface area contributed by atoms with Crippen LogP contribution in [0.15, 0.2) is 30.5 Å². The molecular weight excluding hydrogens is 421 g/mol. The van der Waals surface area contributed by atoms with Gasteiger partial charge in [0.15, 0.2) is 11.5 Å². The summed E-state index contributed by atoms with van der Waals surface area (Å²) in [6.45, 7) is 4.06. The molecule has 1 aliphatic carbocycles. The molecule has 0 spiro atoms. The molecule has 3 heterocycles. The van der Waals surface area contributed by atoms with Crippen molar-refractivity contribution in [3.63, 3.8) is 0 Å².